The fourth-order valence-electron chi connectivity index (χ4n) is 2.55. The summed E-state index contributed by atoms with van der Waals surface area (Å²) in [4.78, 5) is 6.79. The van der Waals surface area contributed by atoms with Crippen LogP contribution in [0.1, 0.15) is 45.7 Å². The summed E-state index contributed by atoms with van der Waals surface area (Å²) in [6, 6.07) is 0. The van der Waals surface area contributed by atoms with Gasteiger partial charge >= 0.3 is 0 Å². The van der Waals surface area contributed by atoms with E-state index in [9.17, 15) is 0 Å². The zero-order valence-electron chi connectivity index (χ0n) is 13.0. The summed E-state index contributed by atoms with van der Waals surface area (Å²) < 4.78 is 2.27. The predicted molar refractivity (Wildman–Crippen MR) is 81.3 cm³/mol. The largest absolute Gasteiger partial charge is 0.333 e. The van der Waals surface area contributed by atoms with Crippen molar-refractivity contribution < 1.29 is 0 Å². The van der Waals surface area contributed by atoms with E-state index in [0.717, 1.165) is 19.6 Å². The average Bonchev–Trinajstić information content (AvgIpc) is 2.83. The minimum absolute atomic E-state index is 0.406. The van der Waals surface area contributed by atoms with E-state index in [1.54, 1.807) is 0 Å². The van der Waals surface area contributed by atoms with Crippen molar-refractivity contribution in [2.45, 2.75) is 46.6 Å². The van der Waals surface area contributed by atoms with Crippen LogP contribution in [0.25, 0.3) is 0 Å². The minimum Gasteiger partial charge on any atom is -0.333 e. The summed E-state index contributed by atoms with van der Waals surface area (Å²) in [5.41, 5.74) is 7.19. The second-order valence-electron chi connectivity index (χ2n) is 5.53. The van der Waals surface area contributed by atoms with Gasteiger partial charge in [0.25, 0.3) is 0 Å². The summed E-state index contributed by atoms with van der Waals surface area (Å²) in [5, 5.41) is 0. The lowest BCUT2D eigenvalue weighted by Crippen LogP contribution is -2.29. The van der Waals surface area contributed by atoms with Gasteiger partial charge in [0.2, 0.25) is 0 Å². The van der Waals surface area contributed by atoms with Crippen molar-refractivity contribution in [1.29, 1.82) is 0 Å². The fourth-order valence-corrected chi connectivity index (χ4v) is 2.55. The van der Waals surface area contributed by atoms with Crippen molar-refractivity contribution in [2.24, 2.45) is 11.7 Å². The number of nitrogens with two attached hydrogens (primary N) is 1. The molecule has 0 aromatic carbocycles. The van der Waals surface area contributed by atoms with E-state index in [-0.39, 0.29) is 0 Å². The average molecular weight is 266 g/mol. The molecule has 2 N–H and O–H groups in total. The highest BCUT2D eigenvalue weighted by molar-refractivity contribution is 5.08. The number of nitrogens with zero attached hydrogens (tertiary/aromatic N) is 3. The van der Waals surface area contributed by atoms with Crippen LogP contribution in [0.2, 0.25) is 0 Å². The smallest absolute Gasteiger partial charge is 0.0948 e. The molecule has 1 aromatic heterocycles. The predicted octanol–water partition coefficient (Wildman–Crippen LogP) is 2.31. The Kier molecular flexibility index (Phi) is 7.10. The molecule has 1 rings (SSSR count). The Bertz CT molecular complexity index is 346. The third kappa shape index (κ3) is 4.62. The lowest BCUT2D eigenvalue weighted by molar-refractivity contribution is 0.274. The van der Waals surface area contributed by atoms with Gasteiger partial charge in [0.15, 0.2) is 0 Å². The van der Waals surface area contributed by atoms with Crippen molar-refractivity contribution in [2.75, 3.05) is 26.2 Å². The van der Waals surface area contributed by atoms with Crippen LogP contribution < -0.4 is 5.73 Å². The molecule has 0 aliphatic heterocycles. The molecule has 110 valence electrons. The van der Waals surface area contributed by atoms with E-state index in [1.165, 1.54) is 18.7 Å². The Morgan fingerprint density at radius 1 is 1.32 bits per heavy atom. The van der Waals surface area contributed by atoms with Crippen LogP contribution in [0.3, 0.4) is 0 Å². The van der Waals surface area contributed by atoms with Crippen LogP contribution in [-0.2, 0) is 6.54 Å². The first kappa shape index (κ1) is 16.2. The molecule has 4 nitrogen and oxygen atoms in total. The standard InChI is InChI=1S/C15H30N4/c1-5-7-18(6-2)8-9-19-12-17-11-15(19)14(10-16)13(3)4/h11-14H,5-10,16H2,1-4H3. The quantitative estimate of drug-likeness (QED) is 0.746. The van der Waals surface area contributed by atoms with Gasteiger partial charge in [-0.05, 0) is 25.4 Å². The molecule has 0 amide bonds. The van der Waals surface area contributed by atoms with Crippen LogP contribution in [0.5, 0.6) is 0 Å². The lowest BCUT2D eigenvalue weighted by atomic mass is 9.93. The second-order valence-corrected chi connectivity index (χ2v) is 5.53. The van der Waals surface area contributed by atoms with Crippen molar-refractivity contribution in [3.63, 3.8) is 0 Å². The van der Waals surface area contributed by atoms with Gasteiger partial charge in [-0.1, -0.05) is 27.7 Å². The van der Waals surface area contributed by atoms with Crippen LogP contribution in [-0.4, -0.2) is 40.6 Å². The Hall–Kier alpha value is -0.870. The first-order valence-electron chi connectivity index (χ1n) is 7.56. The van der Waals surface area contributed by atoms with Crippen molar-refractivity contribution >= 4 is 0 Å². The van der Waals surface area contributed by atoms with Gasteiger partial charge in [-0.25, -0.2) is 4.98 Å². The summed E-state index contributed by atoms with van der Waals surface area (Å²) in [6.07, 6.45) is 5.13. The molecule has 1 heterocycles. The van der Waals surface area contributed by atoms with Gasteiger partial charge < -0.3 is 15.2 Å². The molecule has 0 bridgehead atoms. The van der Waals surface area contributed by atoms with Crippen molar-refractivity contribution in [3.8, 4) is 0 Å². The van der Waals surface area contributed by atoms with E-state index in [0.29, 0.717) is 18.4 Å². The van der Waals surface area contributed by atoms with Crippen LogP contribution >= 0.6 is 0 Å². The number of aromatic nitrogens is 2. The SMILES string of the molecule is CCCN(CC)CCn1cncc1C(CN)C(C)C. The summed E-state index contributed by atoms with van der Waals surface area (Å²) in [5.74, 6) is 0.960. The first-order valence-corrected chi connectivity index (χ1v) is 7.56. The molecule has 0 radical (unpaired) electrons. The lowest BCUT2D eigenvalue weighted by Gasteiger charge is -2.23. The zero-order valence-corrected chi connectivity index (χ0v) is 13.0. The fraction of sp³-hybridized carbons (Fsp3) is 0.800. The molecule has 19 heavy (non-hydrogen) atoms. The molecule has 4 heteroatoms. The summed E-state index contributed by atoms with van der Waals surface area (Å²) in [7, 11) is 0. The van der Waals surface area contributed by atoms with Crippen LogP contribution in [0.15, 0.2) is 12.5 Å². The number of rotatable bonds is 9. The number of likely N-dealkylation sites (N-methyl/N-ethyl adjacent to an activating group) is 1. The van der Waals surface area contributed by atoms with Crippen LogP contribution in [0.4, 0.5) is 0 Å². The van der Waals surface area contributed by atoms with E-state index < -0.39 is 0 Å². The van der Waals surface area contributed by atoms with Crippen molar-refractivity contribution in [1.82, 2.24) is 14.5 Å². The van der Waals surface area contributed by atoms with Gasteiger partial charge in [-0.15, -0.1) is 0 Å². The highest BCUT2D eigenvalue weighted by atomic mass is 15.2. The van der Waals surface area contributed by atoms with E-state index >= 15 is 0 Å². The summed E-state index contributed by atoms with van der Waals surface area (Å²) >= 11 is 0. The number of hydrogen-bond donors (Lipinski definition) is 1. The molecular weight excluding hydrogens is 236 g/mol. The molecular formula is C15H30N4. The number of imidazole rings is 1. The van der Waals surface area contributed by atoms with E-state index in [2.05, 4.69) is 42.1 Å². The maximum atomic E-state index is 5.91. The monoisotopic (exact) mass is 266 g/mol. The maximum Gasteiger partial charge on any atom is 0.0948 e. The van der Waals surface area contributed by atoms with E-state index in [1.807, 2.05) is 12.5 Å². The van der Waals surface area contributed by atoms with Gasteiger partial charge in [-0.3, -0.25) is 0 Å². The Labute approximate surface area is 118 Å². The van der Waals surface area contributed by atoms with Crippen LogP contribution in [0, 0.1) is 5.92 Å². The molecule has 0 aliphatic carbocycles. The maximum absolute atomic E-state index is 5.91. The van der Waals surface area contributed by atoms with Gasteiger partial charge in [0.1, 0.15) is 0 Å². The van der Waals surface area contributed by atoms with Gasteiger partial charge in [0.05, 0.1) is 6.33 Å². The van der Waals surface area contributed by atoms with Gasteiger partial charge in [0, 0.05) is 37.4 Å². The number of hydrogen-bond acceptors (Lipinski definition) is 3. The summed E-state index contributed by atoms with van der Waals surface area (Å²) in [6.45, 7) is 14.0. The van der Waals surface area contributed by atoms with Gasteiger partial charge in [-0.2, -0.15) is 0 Å². The molecule has 0 saturated carbocycles. The molecule has 0 fully saturated rings. The molecule has 1 atom stereocenters. The highest BCUT2D eigenvalue weighted by Crippen LogP contribution is 2.22. The first-order chi connectivity index (χ1) is 9.13. The second kappa shape index (κ2) is 8.33. The van der Waals surface area contributed by atoms with E-state index in [4.69, 9.17) is 5.73 Å². The Balaban J connectivity index is 2.66. The topological polar surface area (TPSA) is 47.1 Å². The minimum atomic E-state index is 0.406. The molecule has 0 aliphatic rings. The third-order valence-electron chi connectivity index (χ3n) is 3.83. The van der Waals surface area contributed by atoms with Crippen molar-refractivity contribution in [3.05, 3.63) is 18.2 Å². The zero-order chi connectivity index (χ0) is 14.3. The highest BCUT2D eigenvalue weighted by Gasteiger charge is 2.18. The Morgan fingerprint density at radius 3 is 2.58 bits per heavy atom. The molecule has 1 unspecified atom stereocenters. The Morgan fingerprint density at radius 2 is 2.05 bits per heavy atom. The molecule has 0 saturated heterocycles. The normalized spacial score (nSPS) is 13.4. The molecule has 0 spiro atoms. The third-order valence-corrected chi connectivity index (χ3v) is 3.83. The molecule has 1 aromatic rings.